The van der Waals surface area contributed by atoms with Crippen molar-refractivity contribution in [3.05, 3.63) is 60.0 Å². The maximum absolute atomic E-state index is 14.1. The molecule has 0 spiro atoms. The van der Waals surface area contributed by atoms with Crippen molar-refractivity contribution in [2.45, 2.75) is 25.8 Å². The quantitative estimate of drug-likeness (QED) is 0.696. The number of aromatic nitrogens is 1. The van der Waals surface area contributed by atoms with E-state index in [0.29, 0.717) is 5.39 Å². The fourth-order valence-electron chi connectivity index (χ4n) is 4.23. The Kier molecular flexibility index (Phi) is 3.75. The molecule has 1 saturated carbocycles. The third-order valence-corrected chi connectivity index (χ3v) is 5.85. The maximum Gasteiger partial charge on any atom is 0.132 e. The van der Waals surface area contributed by atoms with Crippen LogP contribution in [0.1, 0.15) is 18.4 Å². The molecule has 2 aliphatic rings. The van der Waals surface area contributed by atoms with Gasteiger partial charge < -0.3 is 9.47 Å². The number of benzene rings is 2. The van der Waals surface area contributed by atoms with Gasteiger partial charge in [0.15, 0.2) is 0 Å². The molecule has 1 saturated heterocycles. The lowest BCUT2D eigenvalue weighted by atomic mass is 10.1. The molecule has 2 heterocycles. The summed E-state index contributed by atoms with van der Waals surface area (Å²) in [7, 11) is 0. The molecule has 0 N–H and O–H groups in total. The monoisotopic (exact) mass is 349 g/mol. The Morgan fingerprint density at radius 3 is 2.46 bits per heavy atom. The lowest BCUT2D eigenvalue weighted by molar-refractivity contribution is 0.248. The van der Waals surface area contributed by atoms with Crippen molar-refractivity contribution in [1.29, 1.82) is 0 Å². The number of nitrogens with zero attached hydrogens (tertiary/aromatic N) is 3. The highest BCUT2D eigenvalue weighted by Gasteiger charge is 2.31. The molecule has 1 aromatic heterocycles. The fourth-order valence-corrected chi connectivity index (χ4v) is 4.23. The number of anilines is 1. The highest BCUT2D eigenvalue weighted by atomic mass is 19.1. The number of piperazine rings is 1. The summed E-state index contributed by atoms with van der Waals surface area (Å²) in [6.45, 7) is 6.52. The van der Waals surface area contributed by atoms with E-state index in [1.54, 1.807) is 6.07 Å². The maximum atomic E-state index is 14.1. The van der Waals surface area contributed by atoms with Crippen LogP contribution in [0.4, 0.5) is 10.1 Å². The first-order valence-electron chi connectivity index (χ1n) is 9.56. The van der Waals surface area contributed by atoms with Gasteiger partial charge in [-0.1, -0.05) is 12.1 Å². The molecule has 0 atom stereocenters. The van der Waals surface area contributed by atoms with Crippen LogP contribution >= 0.6 is 0 Å². The Balaban J connectivity index is 1.46. The van der Waals surface area contributed by atoms with Crippen molar-refractivity contribution < 1.29 is 4.39 Å². The van der Waals surface area contributed by atoms with Crippen LogP contribution in [0, 0.1) is 12.7 Å². The number of halogens is 1. The number of aryl methyl sites for hydroxylation is 1. The van der Waals surface area contributed by atoms with Crippen molar-refractivity contribution in [3.63, 3.8) is 0 Å². The van der Waals surface area contributed by atoms with E-state index in [1.807, 2.05) is 25.3 Å². The topological polar surface area (TPSA) is 11.4 Å². The van der Waals surface area contributed by atoms with Crippen molar-refractivity contribution in [3.8, 4) is 5.69 Å². The van der Waals surface area contributed by atoms with E-state index in [4.69, 9.17) is 0 Å². The summed E-state index contributed by atoms with van der Waals surface area (Å²) in [4.78, 5) is 5.10. The van der Waals surface area contributed by atoms with Gasteiger partial charge in [0.1, 0.15) is 5.82 Å². The Morgan fingerprint density at radius 1 is 0.923 bits per heavy atom. The van der Waals surface area contributed by atoms with E-state index in [0.717, 1.165) is 49.0 Å². The van der Waals surface area contributed by atoms with Gasteiger partial charge in [0.2, 0.25) is 0 Å². The highest BCUT2D eigenvalue weighted by molar-refractivity contribution is 5.85. The SMILES string of the molecule is Cc1ccc(F)c2ccn(-c3cccc(N4CCN(C5CC5)CC4)c3)c12. The van der Waals surface area contributed by atoms with Crippen LogP contribution in [0.25, 0.3) is 16.6 Å². The first-order chi connectivity index (χ1) is 12.7. The normalized spacial score (nSPS) is 18.6. The van der Waals surface area contributed by atoms with Gasteiger partial charge in [-0.05, 0) is 55.7 Å². The minimum atomic E-state index is -0.156. The molecule has 26 heavy (non-hydrogen) atoms. The van der Waals surface area contributed by atoms with Gasteiger partial charge >= 0.3 is 0 Å². The second kappa shape index (κ2) is 6.13. The molecule has 1 aliphatic heterocycles. The smallest absolute Gasteiger partial charge is 0.132 e. The lowest BCUT2D eigenvalue weighted by Crippen LogP contribution is -2.47. The van der Waals surface area contributed by atoms with Crippen LogP contribution in [-0.2, 0) is 0 Å². The second-order valence-electron chi connectivity index (χ2n) is 7.59. The summed E-state index contributed by atoms with van der Waals surface area (Å²) in [6.07, 6.45) is 4.74. The van der Waals surface area contributed by atoms with Crippen LogP contribution in [0.2, 0.25) is 0 Å². The van der Waals surface area contributed by atoms with E-state index < -0.39 is 0 Å². The Hall–Kier alpha value is -2.33. The van der Waals surface area contributed by atoms with Gasteiger partial charge in [0.25, 0.3) is 0 Å². The van der Waals surface area contributed by atoms with Gasteiger partial charge in [-0.25, -0.2) is 4.39 Å². The molecule has 0 unspecified atom stereocenters. The summed E-state index contributed by atoms with van der Waals surface area (Å²) < 4.78 is 16.3. The predicted molar refractivity (Wildman–Crippen MR) is 105 cm³/mol. The number of rotatable bonds is 3. The summed E-state index contributed by atoms with van der Waals surface area (Å²) in [5.41, 5.74) is 4.40. The molecular formula is C22H24FN3. The van der Waals surface area contributed by atoms with Gasteiger partial charge in [0, 0.05) is 55.2 Å². The van der Waals surface area contributed by atoms with E-state index >= 15 is 0 Å². The molecule has 2 fully saturated rings. The Bertz CT molecular complexity index is 949. The molecule has 1 aliphatic carbocycles. The zero-order valence-electron chi connectivity index (χ0n) is 15.2. The second-order valence-corrected chi connectivity index (χ2v) is 7.59. The molecule has 0 amide bonds. The summed E-state index contributed by atoms with van der Waals surface area (Å²) in [5, 5.41) is 0.688. The zero-order chi connectivity index (χ0) is 17.7. The average Bonchev–Trinajstić information content (AvgIpc) is 3.43. The van der Waals surface area contributed by atoms with Crippen molar-refractivity contribution in [2.24, 2.45) is 0 Å². The molecule has 3 aromatic rings. The number of hydrogen-bond acceptors (Lipinski definition) is 2. The number of fused-ring (bicyclic) bond motifs is 1. The van der Waals surface area contributed by atoms with E-state index in [2.05, 4.69) is 38.6 Å². The van der Waals surface area contributed by atoms with Crippen LogP contribution in [0.15, 0.2) is 48.7 Å². The molecule has 3 nitrogen and oxygen atoms in total. The van der Waals surface area contributed by atoms with Crippen molar-refractivity contribution in [1.82, 2.24) is 9.47 Å². The van der Waals surface area contributed by atoms with E-state index in [1.165, 1.54) is 18.5 Å². The summed E-state index contributed by atoms with van der Waals surface area (Å²) in [5.74, 6) is -0.156. The van der Waals surface area contributed by atoms with Crippen LogP contribution in [0.3, 0.4) is 0 Å². The van der Waals surface area contributed by atoms with Gasteiger partial charge in [-0.2, -0.15) is 0 Å². The Morgan fingerprint density at radius 2 is 1.69 bits per heavy atom. The lowest BCUT2D eigenvalue weighted by Gasteiger charge is -2.36. The summed E-state index contributed by atoms with van der Waals surface area (Å²) >= 11 is 0. The number of hydrogen-bond donors (Lipinski definition) is 0. The molecule has 0 bridgehead atoms. The minimum Gasteiger partial charge on any atom is -0.369 e. The average molecular weight is 349 g/mol. The van der Waals surface area contributed by atoms with Gasteiger partial charge in [-0.15, -0.1) is 0 Å². The van der Waals surface area contributed by atoms with Crippen LogP contribution in [0.5, 0.6) is 0 Å². The van der Waals surface area contributed by atoms with Crippen LogP contribution in [-0.4, -0.2) is 41.7 Å². The molecule has 5 rings (SSSR count). The first kappa shape index (κ1) is 15.9. The van der Waals surface area contributed by atoms with Crippen molar-refractivity contribution in [2.75, 3.05) is 31.1 Å². The van der Waals surface area contributed by atoms with Crippen LogP contribution < -0.4 is 4.90 Å². The molecular weight excluding hydrogens is 325 g/mol. The fraction of sp³-hybridized carbons (Fsp3) is 0.364. The minimum absolute atomic E-state index is 0.156. The first-order valence-corrected chi connectivity index (χ1v) is 9.56. The van der Waals surface area contributed by atoms with E-state index in [9.17, 15) is 4.39 Å². The predicted octanol–water partition coefficient (Wildman–Crippen LogP) is 4.36. The van der Waals surface area contributed by atoms with Gasteiger partial charge in [-0.3, -0.25) is 4.90 Å². The molecule has 2 aromatic carbocycles. The highest BCUT2D eigenvalue weighted by Crippen LogP contribution is 2.30. The molecule has 0 radical (unpaired) electrons. The van der Waals surface area contributed by atoms with Crippen molar-refractivity contribution >= 4 is 16.6 Å². The largest absolute Gasteiger partial charge is 0.369 e. The zero-order valence-corrected chi connectivity index (χ0v) is 15.2. The van der Waals surface area contributed by atoms with Gasteiger partial charge in [0.05, 0.1) is 5.52 Å². The molecule has 134 valence electrons. The standard InChI is InChI=1S/C22H24FN3/c1-16-5-8-21(23)20-9-10-26(22(16)20)19-4-2-3-18(15-19)25-13-11-24(12-14-25)17-6-7-17/h2-5,8-10,15,17H,6-7,11-14H2,1H3. The third-order valence-electron chi connectivity index (χ3n) is 5.85. The summed E-state index contributed by atoms with van der Waals surface area (Å²) in [6, 6.07) is 14.8. The molecule has 4 heteroatoms. The third kappa shape index (κ3) is 2.69. The van der Waals surface area contributed by atoms with E-state index in [-0.39, 0.29) is 5.82 Å². The Labute approximate surface area is 153 Å².